The molecule has 2 amide bonds. The van der Waals surface area contributed by atoms with Crippen LogP contribution in [0.15, 0.2) is 55.1 Å². The molecular weight excluding hydrogens is 437 g/mol. The van der Waals surface area contributed by atoms with Gasteiger partial charge in [0.1, 0.15) is 0 Å². The van der Waals surface area contributed by atoms with Gasteiger partial charge in [-0.1, -0.05) is 12.1 Å². The molecule has 8 heteroatoms. The summed E-state index contributed by atoms with van der Waals surface area (Å²) in [7, 11) is 0. The summed E-state index contributed by atoms with van der Waals surface area (Å²) < 4.78 is 0.828. The van der Waals surface area contributed by atoms with Crippen LogP contribution in [0.5, 0.6) is 0 Å². The molecule has 0 atom stereocenters. The number of nitrogens with zero attached hydrogens (tertiary/aromatic N) is 1. The third-order valence-corrected chi connectivity index (χ3v) is 3.87. The minimum atomic E-state index is -0.574. The maximum atomic E-state index is 12.4. The standard InChI is InChI=1S/C17H14IN3O4/c1-2-8-19-17(23)14-10-12(18)6-7-15(14)20-16(22)11-4-3-5-13(9-11)21(24)25/h2-7,9-10H,1,8H2,(H,19,23)(H,20,22). The van der Waals surface area contributed by atoms with E-state index in [2.05, 4.69) is 39.8 Å². The smallest absolute Gasteiger partial charge is 0.270 e. The van der Waals surface area contributed by atoms with Crippen molar-refractivity contribution in [2.75, 3.05) is 11.9 Å². The second-order valence-corrected chi connectivity index (χ2v) is 6.20. The monoisotopic (exact) mass is 451 g/mol. The molecule has 0 radical (unpaired) electrons. The van der Waals surface area contributed by atoms with Gasteiger partial charge in [0.2, 0.25) is 0 Å². The van der Waals surface area contributed by atoms with Crippen molar-refractivity contribution in [3.05, 3.63) is 79.9 Å². The molecule has 0 heterocycles. The Balaban J connectivity index is 2.29. The van der Waals surface area contributed by atoms with Crippen molar-refractivity contribution >= 4 is 45.8 Å². The molecule has 2 rings (SSSR count). The van der Waals surface area contributed by atoms with Gasteiger partial charge < -0.3 is 10.6 Å². The Morgan fingerprint density at radius 2 is 1.96 bits per heavy atom. The average Bonchev–Trinajstić information content (AvgIpc) is 2.61. The summed E-state index contributed by atoms with van der Waals surface area (Å²) >= 11 is 2.06. The number of nitro benzene ring substituents is 1. The van der Waals surface area contributed by atoms with Crippen molar-refractivity contribution in [2.24, 2.45) is 0 Å². The van der Waals surface area contributed by atoms with Gasteiger partial charge in [0.15, 0.2) is 0 Å². The van der Waals surface area contributed by atoms with Crippen LogP contribution in [-0.2, 0) is 0 Å². The van der Waals surface area contributed by atoms with Crippen LogP contribution in [0, 0.1) is 13.7 Å². The van der Waals surface area contributed by atoms with E-state index >= 15 is 0 Å². The van der Waals surface area contributed by atoms with Crippen LogP contribution in [0.25, 0.3) is 0 Å². The predicted molar refractivity (Wildman–Crippen MR) is 103 cm³/mol. The Labute approximate surface area is 157 Å². The molecule has 0 aliphatic heterocycles. The van der Waals surface area contributed by atoms with Gasteiger partial charge in [-0.3, -0.25) is 19.7 Å². The fourth-order valence-electron chi connectivity index (χ4n) is 2.03. The summed E-state index contributed by atoms with van der Waals surface area (Å²) in [4.78, 5) is 34.9. The summed E-state index contributed by atoms with van der Waals surface area (Å²) in [5.74, 6) is -0.893. The van der Waals surface area contributed by atoms with Gasteiger partial charge in [0.05, 0.1) is 16.2 Å². The summed E-state index contributed by atoms with van der Waals surface area (Å²) in [5.41, 5.74) is 0.565. The number of hydrogen-bond acceptors (Lipinski definition) is 4. The highest BCUT2D eigenvalue weighted by Crippen LogP contribution is 2.21. The number of halogens is 1. The number of hydrogen-bond donors (Lipinski definition) is 2. The number of nitro groups is 1. The molecule has 7 nitrogen and oxygen atoms in total. The quantitative estimate of drug-likeness (QED) is 0.304. The molecule has 0 aliphatic carbocycles. The summed E-state index contributed by atoms with van der Waals surface area (Å²) in [5, 5.41) is 16.1. The molecule has 0 unspecified atom stereocenters. The van der Waals surface area contributed by atoms with E-state index in [1.54, 1.807) is 24.3 Å². The van der Waals surface area contributed by atoms with E-state index in [0.717, 1.165) is 3.57 Å². The largest absolute Gasteiger partial charge is 0.349 e. The Morgan fingerprint density at radius 3 is 2.64 bits per heavy atom. The summed E-state index contributed by atoms with van der Waals surface area (Å²) in [6.07, 6.45) is 1.55. The van der Waals surface area contributed by atoms with E-state index in [-0.39, 0.29) is 17.2 Å². The molecule has 2 aromatic rings. The van der Waals surface area contributed by atoms with Crippen LogP contribution in [0.1, 0.15) is 20.7 Å². The van der Waals surface area contributed by atoms with Crippen molar-refractivity contribution in [3.8, 4) is 0 Å². The Hall–Kier alpha value is -2.75. The normalized spacial score (nSPS) is 9.96. The van der Waals surface area contributed by atoms with Crippen molar-refractivity contribution in [3.63, 3.8) is 0 Å². The van der Waals surface area contributed by atoms with Gasteiger partial charge in [-0.25, -0.2) is 0 Å². The van der Waals surface area contributed by atoms with E-state index in [0.29, 0.717) is 17.8 Å². The van der Waals surface area contributed by atoms with Crippen LogP contribution >= 0.6 is 22.6 Å². The Kier molecular flexibility index (Phi) is 6.23. The molecule has 2 N–H and O–H groups in total. The zero-order chi connectivity index (χ0) is 18.4. The zero-order valence-corrected chi connectivity index (χ0v) is 15.1. The maximum Gasteiger partial charge on any atom is 0.270 e. The third-order valence-electron chi connectivity index (χ3n) is 3.20. The molecule has 0 saturated carbocycles. The molecule has 0 bridgehead atoms. The fraction of sp³-hybridized carbons (Fsp3) is 0.0588. The second kappa shape index (κ2) is 8.38. The van der Waals surface area contributed by atoms with Crippen LogP contribution in [0.3, 0.4) is 0 Å². The highest BCUT2D eigenvalue weighted by Gasteiger charge is 2.16. The van der Waals surface area contributed by atoms with Gasteiger partial charge in [-0.2, -0.15) is 0 Å². The molecule has 0 aromatic heterocycles. The Bertz CT molecular complexity index is 852. The molecule has 0 fully saturated rings. The van der Waals surface area contributed by atoms with E-state index in [1.165, 1.54) is 24.3 Å². The number of nitrogens with one attached hydrogen (secondary N) is 2. The molecule has 2 aromatic carbocycles. The Morgan fingerprint density at radius 1 is 1.20 bits per heavy atom. The predicted octanol–water partition coefficient (Wildman–Crippen LogP) is 3.37. The van der Waals surface area contributed by atoms with Gasteiger partial charge in [0.25, 0.3) is 17.5 Å². The first-order chi connectivity index (χ1) is 11.9. The van der Waals surface area contributed by atoms with Gasteiger partial charge in [-0.05, 0) is 46.9 Å². The van der Waals surface area contributed by atoms with E-state index < -0.39 is 10.8 Å². The van der Waals surface area contributed by atoms with Crippen LogP contribution in [0.4, 0.5) is 11.4 Å². The highest BCUT2D eigenvalue weighted by atomic mass is 127. The van der Waals surface area contributed by atoms with Crippen LogP contribution in [0.2, 0.25) is 0 Å². The highest BCUT2D eigenvalue weighted by molar-refractivity contribution is 14.1. The molecule has 0 aliphatic rings. The minimum Gasteiger partial charge on any atom is -0.349 e. The lowest BCUT2D eigenvalue weighted by Gasteiger charge is -2.11. The van der Waals surface area contributed by atoms with Crippen molar-refractivity contribution in [1.82, 2.24) is 5.32 Å². The average molecular weight is 451 g/mol. The maximum absolute atomic E-state index is 12.4. The van der Waals surface area contributed by atoms with E-state index in [1.807, 2.05) is 0 Å². The molecule has 128 valence electrons. The fourth-order valence-corrected chi connectivity index (χ4v) is 2.52. The van der Waals surface area contributed by atoms with Crippen LogP contribution in [-0.4, -0.2) is 23.3 Å². The van der Waals surface area contributed by atoms with Crippen molar-refractivity contribution in [2.45, 2.75) is 0 Å². The lowest BCUT2D eigenvalue weighted by Crippen LogP contribution is -2.25. The number of non-ortho nitro benzene ring substituents is 1. The third kappa shape index (κ3) is 4.86. The van der Waals surface area contributed by atoms with Crippen LogP contribution < -0.4 is 10.6 Å². The van der Waals surface area contributed by atoms with E-state index in [4.69, 9.17) is 0 Å². The SMILES string of the molecule is C=CCNC(=O)c1cc(I)ccc1NC(=O)c1cccc([N+](=O)[O-])c1. The first-order valence-corrected chi connectivity index (χ1v) is 8.24. The number of amides is 2. The van der Waals surface area contributed by atoms with E-state index in [9.17, 15) is 19.7 Å². The lowest BCUT2D eigenvalue weighted by atomic mass is 10.1. The first-order valence-electron chi connectivity index (χ1n) is 7.17. The number of carbonyl (C=O) groups excluding carboxylic acids is 2. The number of anilines is 1. The number of rotatable bonds is 6. The van der Waals surface area contributed by atoms with Crippen molar-refractivity contribution in [1.29, 1.82) is 0 Å². The van der Waals surface area contributed by atoms with Gasteiger partial charge in [0, 0.05) is 27.8 Å². The lowest BCUT2D eigenvalue weighted by molar-refractivity contribution is -0.384. The van der Waals surface area contributed by atoms with Gasteiger partial charge >= 0.3 is 0 Å². The number of carbonyl (C=O) groups is 2. The minimum absolute atomic E-state index is 0.130. The molecule has 0 saturated heterocycles. The molecule has 25 heavy (non-hydrogen) atoms. The second-order valence-electron chi connectivity index (χ2n) is 4.95. The molecular formula is C17H14IN3O4. The summed E-state index contributed by atoms with van der Waals surface area (Å²) in [6.45, 7) is 3.83. The number of benzene rings is 2. The first kappa shape index (κ1) is 18.6. The topological polar surface area (TPSA) is 101 Å². The van der Waals surface area contributed by atoms with Gasteiger partial charge in [-0.15, -0.1) is 6.58 Å². The zero-order valence-electron chi connectivity index (χ0n) is 13.0. The van der Waals surface area contributed by atoms with Crippen molar-refractivity contribution < 1.29 is 14.5 Å². The molecule has 0 spiro atoms. The summed E-state index contributed by atoms with van der Waals surface area (Å²) in [6, 6.07) is 10.4.